The van der Waals surface area contributed by atoms with Crippen LogP contribution in [0, 0.1) is 0 Å². The molecule has 0 amide bonds. The van der Waals surface area contributed by atoms with Gasteiger partial charge in [-0.15, -0.1) is 10.2 Å². The lowest BCUT2D eigenvalue weighted by molar-refractivity contribution is 0.282. The highest BCUT2D eigenvalue weighted by Crippen LogP contribution is 2.32. The fourth-order valence-electron chi connectivity index (χ4n) is 2.82. The first kappa shape index (κ1) is 17.7. The minimum Gasteiger partial charge on any atom is -0.392 e. The summed E-state index contributed by atoms with van der Waals surface area (Å²) in [6, 6.07) is 12.8. The van der Waals surface area contributed by atoms with E-state index in [1.54, 1.807) is 36.1 Å². The molecular formula is C18H14Cl2N6O. The Hall–Kier alpha value is -2.74. The first-order chi connectivity index (χ1) is 13.1. The Morgan fingerprint density at radius 1 is 1.04 bits per heavy atom. The standard InChI is InChI=1S/C18H14Cl2N6O/c1-25-23-18(22-24-25)12-4-2-11(3-5-12)17-13(10-27)9-21-26(17)16-7-6-14(19)8-15(16)20/h2-9,27H,10H2,1H3. The predicted octanol–water partition coefficient (Wildman–Crippen LogP) is 3.53. The highest BCUT2D eigenvalue weighted by atomic mass is 35.5. The van der Waals surface area contributed by atoms with Crippen molar-refractivity contribution in [2.24, 2.45) is 7.05 Å². The van der Waals surface area contributed by atoms with Crippen molar-refractivity contribution >= 4 is 23.2 Å². The minimum atomic E-state index is -0.145. The van der Waals surface area contributed by atoms with Crippen LogP contribution in [-0.2, 0) is 13.7 Å². The molecule has 0 bridgehead atoms. The van der Waals surface area contributed by atoms with E-state index >= 15 is 0 Å². The molecule has 0 fully saturated rings. The molecule has 2 heterocycles. The van der Waals surface area contributed by atoms with Gasteiger partial charge in [-0.05, 0) is 23.4 Å². The summed E-state index contributed by atoms with van der Waals surface area (Å²) in [4.78, 5) is 1.41. The van der Waals surface area contributed by atoms with E-state index in [-0.39, 0.29) is 6.61 Å². The van der Waals surface area contributed by atoms with Crippen LogP contribution in [0.2, 0.25) is 10.0 Å². The van der Waals surface area contributed by atoms with Crippen LogP contribution in [0.4, 0.5) is 0 Å². The number of aromatic nitrogens is 6. The summed E-state index contributed by atoms with van der Waals surface area (Å²) in [5.74, 6) is 0.542. The molecule has 0 saturated heterocycles. The van der Waals surface area contributed by atoms with Gasteiger partial charge in [-0.2, -0.15) is 9.90 Å². The largest absolute Gasteiger partial charge is 0.392 e. The van der Waals surface area contributed by atoms with E-state index in [4.69, 9.17) is 23.2 Å². The molecule has 1 N–H and O–H groups in total. The maximum atomic E-state index is 9.75. The van der Waals surface area contributed by atoms with Gasteiger partial charge < -0.3 is 5.11 Å². The highest BCUT2D eigenvalue weighted by molar-refractivity contribution is 6.35. The van der Waals surface area contributed by atoms with Crippen LogP contribution < -0.4 is 0 Å². The van der Waals surface area contributed by atoms with E-state index in [2.05, 4.69) is 20.5 Å². The van der Waals surface area contributed by atoms with Crippen LogP contribution in [-0.4, -0.2) is 35.1 Å². The van der Waals surface area contributed by atoms with Crippen LogP contribution in [0.1, 0.15) is 5.56 Å². The van der Waals surface area contributed by atoms with Crippen molar-refractivity contribution in [3.05, 3.63) is 64.3 Å². The molecule has 0 radical (unpaired) electrons. The van der Waals surface area contributed by atoms with Gasteiger partial charge in [-0.25, -0.2) is 4.68 Å². The monoisotopic (exact) mass is 400 g/mol. The molecule has 0 unspecified atom stereocenters. The number of hydrogen-bond acceptors (Lipinski definition) is 5. The summed E-state index contributed by atoms with van der Waals surface area (Å²) < 4.78 is 1.69. The molecule has 27 heavy (non-hydrogen) atoms. The first-order valence-electron chi connectivity index (χ1n) is 8.05. The lowest BCUT2D eigenvalue weighted by Gasteiger charge is -2.11. The third-order valence-corrected chi connectivity index (χ3v) is 4.62. The third kappa shape index (κ3) is 3.32. The van der Waals surface area contributed by atoms with E-state index in [0.29, 0.717) is 27.1 Å². The maximum Gasteiger partial charge on any atom is 0.204 e. The summed E-state index contributed by atoms with van der Waals surface area (Å²) in [7, 11) is 1.72. The predicted molar refractivity (Wildman–Crippen MR) is 103 cm³/mol. The summed E-state index contributed by atoms with van der Waals surface area (Å²) in [5.41, 5.74) is 3.82. The van der Waals surface area contributed by atoms with Gasteiger partial charge in [0.25, 0.3) is 0 Å². The molecule has 0 atom stereocenters. The number of aliphatic hydroxyl groups is 1. The Morgan fingerprint density at radius 3 is 2.41 bits per heavy atom. The first-order valence-corrected chi connectivity index (χ1v) is 8.80. The Bertz CT molecular complexity index is 1100. The van der Waals surface area contributed by atoms with E-state index in [1.165, 1.54) is 4.80 Å². The quantitative estimate of drug-likeness (QED) is 0.566. The average Bonchev–Trinajstić information content (AvgIpc) is 3.28. The molecule has 0 aliphatic heterocycles. The number of aliphatic hydroxyl groups excluding tert-OH is 1. The molecule has 2 aromatic heterocycles. The summed E-state index contributed by atoms with van der Waals surface area (Å²) >= 11 is 12.3. The Labute approximate surface area is 164 Å². The van der Waals surface area contributed by atoms with Crippen molar-refractivity contribution in [1.29, 1.82) is 0 Å². The number of benzene rings is 2. The van der Waals surface area contributed by atoms with Gasteiger partial charge in [0.05, 0.1) is 36.3 Å². The third-order valence-electron chi connectivity index (χ3n) is 4.08. The van der Waals surface area contributed by atoms with Gasteiger partial charge in [0, 0.05) is 21.7 Å². The molecule has 0 spiro atoms. The van der Waals surface area contributed by atoms with Crippen molar-refractivity contribution in [2.45, 2.75) is 6.61 Å². The lowest BCUT2D eigenvalue weighted by atomic mass is 10.1. The summed E-state index contributed by atoms with van der Waals surface area (Å²) in [6.45, 7) is -0.145. The Kier molecular flexibility index (Phi) is 4.65. The van der Waals surface area contributed by atoms with Crippen molar-refractivity contribution in [3.8, 4) is 28.3 Å². The molecular weight excluding hydrogens is 387 g/mol. The summed E-state index contributed by atoms with van der Waals surface area (Å²) in [6.07, 6.45) is 1.62. The molecule has 2 aromatic carbocycles. The average molecular weight is 401 g/mol. The number of halogens is 2. The topological polar surface area (TPSA) is 81.6 Å². The van der Waals surface area contributed by atoms with Gasteiger partial charge in [-0.1, -0.05) is 47.5 Å². The Morgan fingerprint density at radius 2 is 1.78 bits per heavy atom. The number of aryl methyl sites for hydroxylation is 1. The summed E-state index contributed by atoms with van der Waals surface area (Å²) in [5, 5.41) is 27.2. The molecule has 7 nitrogen and oxygen atoms in total. The van der Waals surface area contributed by atoms with Gasteiger partial charge in [0.2, 0.25) is 5.82 Å². The zero-order valence-electron chi connectivity index (χ0n) is 14.2. The molecule has 9 heteroatoms. The van der Waals surface area contributed by atoms with Gasteiger partial charge in [-0.3, -0.25) is 0 Å². The maximum absolute atomic E-state index is 9.75. The molecule has 4 rings (SSSR count). The molecule has 136 valence electrons. The van der Waals surface area contributed by atoms with E-state index in [1.807, 2.05) is 24.3 Å². The fourth-order valence-corrected chi connectivity index (χ4v) is 3.31. The number of nitrogens with zero attached hydrogens (tertiary/aromatic N) is 6. The van der Waals surface area contributed by atoms with Crippen molar-refractivity contribution in [1.82, 2.24) is 30.0 Å². The van der Waals surface area contributed by atoms with Crippen molar-refractivity contribution < 1.29 is 5.11 Å². The van der Waals surface area contributed by atoms with Gasteiger partial charge in [0.15, 0.2) is 0 Å². The number of tetrazole rings is 1. The zero-order valence-corrected chi connectivity index (χ0v) is 15.7. The van der Waals surface area contributed by atoms with Gasteiger partial charge >= 0.3 is 0 Å². The SMILES string of the molecule is Cn1nnc(-c2ccc(-c3c(CO)cnn3-c3ccc(Cl)cc3Cl)cc2)n1. The number of rotatable bonds is 4. The molecule has 0 aliphatic rings. The minimum absolute atomic E-state index is 0.145. The van der Waals surface area contributed by atoms with Crippen LogP contribution >= 0.6 is 23.2 Å². The normalized spacial score (nSPS) is 11.1. The molecule has 0 aliphatic carbocycles. The van der Waals surface area contributed by atoms with Crippen LogP contribution in [0.3, 0.4) is 0 Å². The molecule has 0 saturated carbocycles. The molecule has 4 aromatic rings. The second-order valence-electron chi connectivity index (χ2n) is 5.86. The lowest BCUT2D eigenvalue weighted by Crippen LogP contribution is -2.01. The highest BCUT2D eigenvalue weighted by Gasteiger charge is 2.16. The van der Waals surface area contributed by atoms with Gasteiger partial charge in [0.1, 0.15) is 0 Å². The van der Waals surface area contributed by atoms with Crippen LogP contribution in [0.5, 0.6) is 0 Å². The second-order valence-corrected chi connectivity index (χ2v) is 6.71. The van der Waals surface area contributed by atoms with Crippen molar-refractivity contribution in [2.75, 3.05) is 0 Å². The van der Waals surface area contributed by atoms with E-state index in [9.17, 15) is 5.11 Å². The van der Waals surface area contributed by atoms with Crippen LogP contribution in [0.15, 0.2) is 48.7 Å². The smallest absolute Gasteiger partial charge is 0.204 e. The van der Waals surface area contributed by atoms with E-state index < -0.39 is 0 Å². The Balaban J connectivity index is 1.80. The van der Waals surface area contributed by atoms with E-state index in [0.717, 1.165) is 16.8 Å². The fraction of sp³-hybridized carbons (Fsp3) is 0.111. The van der Waals surface area contributed by atoms with Crippen molar-refractivity contribution in [3.63, 3.8) is 0 Å². The van der Waals surface area contributed by atoms with Crippen LogP contribution in [0.25, 0.3) is 28.3 Å². The number of hydrogen-bond donors (Lipinski definition) is 1. The zero-order chi connectivity index (χ0) is 19.0. The second kappa shape index (κ2) is 7.11.